The predicted octanol–water partition coefficient (Wildman–Crippen LogP) is 2.50. The summed E-state index contributed by atoms with van der Waals surface area (Å²) < 4.78 is 36.7. The molecule has 0 unspecified atom stereocenters. The highest BCUT2D eigenvalue weighted by atomic mass is 32.2. The molecule has 8 nitrogen and oxygen atoms in total. The monoisotopic (exact) mass is 462 g/mol. The van der Waals surface area contributed by atoms with Gasteiger partial charge in [-0.15, -0.1) is 0 Å². The fraction of sp³-hybridized carbons (Fsp3) is 0.391. The first-order valence-corrected chi connectivity index (χ1v) is 11.6. The maximum absolute atomic E-state index is 13.3. The Morgan fingerprint density at radius 3 is 1.88 bits per heavy atom. The Labute approximate surface area is 187 Å². The summed E-state index contributed by atoms with van der Waals surface area (Å²) >= 11 is 0. The molecule has 0 amide bonds. The number of aryl methyl sites for hydroxylation is 1. The van der Waals surface area contributed by atoms with E-state index in [0.717, 1.165) is 5.56 Å². The van der Waals surface area contributed by atoms with Gasteiger partial charge in [-0.25, -0.2) is 18.0 Å². The number of rotatable bonds is 8. The summed E-state index contributed by atoms with van der Waals surface area (Å²) in [5, 5.41) is 0. The zero-order valence-electron chi connectivity index (χ0n) is 18.6. The molecule has 0 N–H and O–H groups in total. The van der Waals surface area contributed by atoms with E-state index in [4.69, 9.17) is 9.47 Å². The molecule has 0 saturated heterocycles. The number of Topliss-reactive ketones (excluding diaryl/α,β-unsaturated/α-hetero) is 1. The Bertz CT molecular complexity index is 1100. The summed E-state index contributed by atoms with van der Waals surface area (Å²) in [6.45, 7) is 8.66. The molecule has 0 aromatic heterocycles. The van der Waals surface area contributed by atoms with Crippen molar-refractivity contribution in [3.8, 4) is 0 Å². The van der Waals surface area contributed by atoms with Crippen LogP contribution in [0.5, 0.6) is 0 Å². The third kappa shape index (κ3) is 5.59. The van der Waals surface area contributed by atoms with Crippen LogP contribution in [-0.2, 0) is 38.5 Å². The number of esters is 2. The molecule has 0 bridgehead atoms. The van der Waals surface area contributed by atoms with E-state index in [9.17, 15) is 27.6 Å². The van der Waals surface area contributed by atoms with E-state index in [1.54, 1.807) is 34.6 Å². The highest BCUT2D eigenvalue weighted by Gasteiger charge is 2.43. The van der Waals surface area contributed by atoms with Crippen molar-refractivity contribution < 1.29 is 37.1 Å². The molecule has 1 aliphatic rings. The summed E-state index contributed by atoms with van der Waals surface area (Å²) in [5.41, 5.74) is -0.906. The maximum atomic E-state index is 13.3. The number of carbonyl (C=O) groups is 4. The molecule has 0 aliphatic heterocycles. The molecule has 0 atom stereocenters. The van der Waals surface area contributed by atoms with Crippen molar-refractivity contribution in [1.82, 2.24) is 0 Å². The lowest BCUT2D eigenvalue weighted by atomic mass is 9.96. The molecule has 1 aromatic carbocycles. The molecular weight excluding hydrogens is 436 g/mol. The summed E-state index contributed by atoms with van der Waals surface area (Å²) in [4.78, 5) is 49.5. The Morgan fingerprint density at radius 2 is 1.38 bits per heavy atom. The molecule has 1 aliphatic carbocycles. The Balaban J connectivity index is 2.62. The number of hydrogen-bond acceptors (Lipinski definition) is 8. The Kier molecular flexibility index (Phi) is 7.90. The molecule has 32 heavy (non-hydrogen) atoms. The summed E-state index contributed by atoms with van der Waals surface area (Å²) in [7, 11) is -4.63. The van der Waals surface area contributed by atoms with E-state index >= 15 is 0 Å². The molecule has 9 heteroatoms. The van der Waals surface area contributed by atoms with Crippen molar-refractivity contribution in [2.24, 2.45) is 11.8 Å². The second-order valence-electron chi connectivity index (χ2n) is 8.26. The van der Waals surface area contributed by atoms with E-state index in [1.807, 2.05) is 0 Å². The Hall–Kier alpha value is -3.07. The second-order valence-corrected chi connectivity index (χ2v) is 10.1. The van der Waals surface area contributed by atoms with Gasteiger partial charge in [0.05, 0.1) is 18.1 Å². The topological polar surface area (TPSA) is 121 Å². The highest BCUT2D eigenvalue weighted by Crippen LogP contribution is 2.30. The van der Waals surface area contributed by atoms with Gasteiger partial charge < -0.3 is 9.47 Å². The minimum absolute atomic E-state index is 0.0370. The number of hydrogen-bond donors (Lipinski definition) is 0. The standard InChI is InChI=1S/C23H26O8S/c1-13(2)11-30-22(26)17-10-18(24)19(23(27)31-12-14(3)4)21(20(17)25)32(28,29)16-8-6-15(5)7-9-16/h6-10,13-14H,11-12H2,1-5H3. The van der Waals surface area contributed by atoms with E-state index in [0.29, 0.717) is 6.08 Å². The van der Waals surface area contributed by atoms with Gasteiger partial charge in [-0.2, -0.15) is 0 Å². The first kappa shape index (κ1) is 25.2. The number of carbonyl (C=O) groups excluding carboxylic acids is 4. The molecule has 0 saturated carbocycles. The summed E-state index contributed by atoms with van der Waals surface area (Å²) in [5.74, 6) is -4.92. The van der Waals surface area contributed by atoms with Crippen LogP contribution in [0.3, 0.4) is 0 Å². The number of allylic oxidation sites excluding steroid dienone is 2. The van der Waals surface area contributed by atoms with Crippen LogP contribution in [0, 0.1) is 18.8 Å². The lowest BCUT2D eigenvalue weighted by Gasteiger charge is -2.19. The zero-order chi connectivity index (χ0) is 24.2. The number of ether oxygens (including phenoxy) is 2. The first-order chi connectivity index (χ1) is 14.9. The van der Waals surface area contributed by atoms with E-state index in [2.05, 4.69) is 0 Å². The minimum Gasteiger partial charge on any atom is -0.462 e. The van der Waals surface area contributed by atoms with Crippen LogP contribution < -0.4 is 0 Å². The molecule has 0 radical (unpaired) electrons. The van der Waals surface area contributed by atoms with Crippen LogP contribution >= 0.6 is 0 Å². The molecule has 0 heterocycles. The maximum Gasteiger partial charge on any atom is 0.343 e. The molecule has 0 fully saturated rings. The van der Waals surface area contributed by atoms with E-state index < -0.39 is 49.4 Å². The van der Waals surface area contributed by atoms with Gasteiger partial charge in [0, 0.05) is 6.08 Å². The lowest BCUT2D eigenvalue weighted by Crippen LogP contribution is -2.33. The molecule has 2 rings (SSSR count). The second kappa shape index (κ2) is 10.0. The molecule has 0 spiro atoms. The van der Waals surface area contributed by atoms with Crippen molar-refractivity contribution in [3.63, 3.8) is 0 Å². The third-order valence-electron chi connectivity index (χ3n) is 4.32. The lowest BCUT2D eigenvalue weighted by molar-refractivity contribution is -0.143. The van der Waals surface area contributed by atoms with Gasteiger partial charge in [0.2, 0.25) is 15.6 Å². The van der Waals surface area contributed by atoms with Gasteiger partial charge in [0.25, 0.3) is 0 Å². The van der Waals surface area contributed by atoms with Crippen molar-refractivity contribution in [2.45, 2.75) is 39.5 Å². The van der Waals surface area contributed by atoms with Crippen LogP contribution in [0.2, 0.25) is 0 Å². The van der Waals surface area contributed by atoms with Crippen molar-refractivity contribution in [3.05, 3.63) is 52.0 Å². The smallest absolute Gasteiger partial charge is 0.343 e. The largest absolute Gasteiger partial charge is 0.462 e. The van der Waals surface area contributed by atoms with Gasteiger partial charge in [0.15, 0.2) is 5.78 Å². The van der Waals surface area contributed by atoms with Crippen molar-refractivity contribution in [2.75, 3.05) is 13.2 Å². The first-order valence-electron chi connectivity index (χ1n) is 10.1. The number of sulfone groups is 1. The number of benzene rings is 1. The SMILES string of the molecule is Cc1ccc(S(=O)(=O)C2=C(C(=O)OCC(C)C)C(=O)C=C(C(=O)OCC(C)C)C2=O)cc1. The average Bonchev–Trinajstić information content (AvgIpc) is 2.71. The fourth-order valence-electron chi connectivity index (χ4n) is 2.69. The van der Waals surface area contributed by atoms with Gasteiger partial charge >= 0.3 is 11.9 Å². The van der Waals surface area contributed by atoms with E-state index in [-0.39, 0.29) is 29.9 Å². The molecular formula is C23H26O8S. The highest BCUT2D eigenvalue weighted by molar-refractivity contribution is 7.96. The average molecular weight is 463 g/mol. The van der Waals surface area contributed by atoms with Crippen LogP contribution in [0.25, 0.3) is 0 Å². The fourth-order valence-corrected chi connectivity index (χ4v) is 4.22. The number of ketones is 2. The summed E-state index contributed by atoms with van der Waals surface area (Å²) in [6, 6.07) is 5.52. The van der Waals surface area contributed by atoms with Crippen LogP contribution in [0.15, 0.2) is 51.3 Å². The normalized spacial score (nSPS) is 14.7. The third-order valence-corrected chi connectivity index (χ3v) is 6.14. The molecule has 172 valence electrons. The van der Waals surface area contributed by atoms with Gasteiger partial charge in [-0.1, -0.05) is 45.4 Å². The summed E-state index contributed by atoms with van der Waals surface area (Å²) in [6.07, 6.45) is 0.630. The zero-order valence-corrected chi connectivity index (χ0v) is 19.4. The van der Waals surface area contributed by atoms with Crippen molar-refractivity contribution in [1.29, 1.82) is 0 Å². The van der Waals surface area contributed by atoms with E-state index in [1.165, 1.54) is 24.3 Å². The van der Waals surface area contributed by atoms with Crippen LogP contribution in [0.4, 0.5) is 0 Å². The van der Waals surface area contributed by atoms with Crippen molar-refractivity contribution >= 4 is 33.3 Å². The van der Waals surface area contributed by atoms with Crippen LogP contribution in [-0.4, -0.2) is 45.1 Å². The molecule has 1 aromatic rings. The predicted molar refractivity (Wildman–Crippen MR) is 115 cm³/mol. The van der Waals surface area contributed by atoms with Gasteiger partial charge in [-0.3, -0.25) is 9.59 Å². The van der Waals surface area contributed by atoms with Gasteiger partial charge in [-0.05, 0) is 30.9 Å². The van der Waals surface area contributed by atoms with Crippen LogP contribution in [0.1, 0.15) is 33.3 Å². The van der Waals surface area contributed by atoms with Gasteiger partial charge in [0.1, 0.15) is 16.1 Å². The Morgan fingerprint density at radius 1 is 0.875 bits per heavy atom. The quantitative estimate of drug-likeness (QED) is 0.328. The minimum atomic E-state index is -4.63.